The van der Waals surface area contributed by atoms with Gasteiger partial charge in [-0.1, -0.05) is 36.4 Å². The maximum absolute atomic E-state index is 11.5. The third-order valence-electron chi connectivity index (χ3n) is 2.39. The predicted octanol–water partition coefficient (Wildman–Crippen LogP) is 2.52. The van der Waals surface area contributed by atoms with Gasteiger partial charge >= 0.3 is 0 Å². The molecule has 0 spiro atoms. The van der Waals surface area contributed by atoms with Crippen molar-refractivity contribution >= 4 is 15.4 Å². The van der Waals surface area contributed by atoms with Crippen molar-refractivity contribution in [2.75, 3.05) is 6.26 Å². The van der Waals surface area contributed by atoms with Gasteiger partial charge in [-0.3, -0.25) is 4.98 Å². The predicted molar refractivity (Wildman–Crippen MR) is 72.6 cm³/mol. The van der Waals surface area contributed by atoms with Crippen molar-refractivity contribution in [2.45, 2.75) is 0 Å². The molecule has 0 aliphatic rings. The highest BCUT2D eigenvalue weighted by molar-refractivity contribution is 7.93. The Morgan fingerprint density at radius 3 is 2.28 bits per heavy atom. The highest BCUT2D eigenvalue weighted by Gasteiger charge is 2.08. The van der Waals surface area contributed by atoms with Crippen LogP contribution in [0.3, 0.4) is 0 Å². The monoisotopic (exact) mass is 259 g/mol. The van der Waals surface area contributed by atoms with E-state index in [-0.39, 0.29) is 0 Å². The van der Waals surface area contributed by atoms with Crippen molar-refractivity contribution in [1.82, 2.24) is 4.98 Å². The minimum absolute atomic E-state index is 0.659. The molecule has 0 saturated heterocycles. The van der Waals surface area contributed by atoms with Crippen LogP contribution in [-0.2, 0) is 9.84 Å². The lowest BCUT2D eigenvalue weighted by Crippen LogP contribution is -1.95. The van der Waals surface area contributed by atoms with Crippen LogP contribution in [0, 0.1) is 0 Å². The fourth-order valence-corrected chi connectivity index (χ4v) is 2.36. The van der Waals surface area contributed by atoms with Crippen molar-refractivity contribution in [1.29, 1.82) is 0 Å². The molecule has 2 rings (SSSR count). The van der Waals surface area contributed by atoms with E-state index in [1.807, 2.05) is 36.4 Å². The van der Waals surface area contributed by atoms with Crippen LogP contribution in [0.5, 0.6) is 0 Å². The topological polar surface area (TPSA) is 47.0 Å². The lowest BCUT2D eigenvalue weighted by Gasteiger charge is -2.07. The van der Waals surface area contributed by atoms with Gasteiger partial charge in [-0.25, -0.2) is 8.42 Å². The molecular weight excluding hydrogens is 246 g/mol. The second-order valence-electron chi connectivity index (χ2n) is 3.97. The minimum atomic E-state index is -3.21. The van der Waals surface area contributed by atoms with Crippen LogP contribution >= 0.6 is 0 Å². The summed E-state index contributed by atoms with van der Waals surface area (Å²) in [6.07, 6.45) is 4.50. The lowest BCUT2D eigenvalue weighted by molar-refractivity contribution is 0.610. The van der Waals surface area contributed by atoms with Crippen LogP contribution in [0.4, 0.5) is 0 Å². The van der Waals surface area contributed by atoms with Gasteiger partial charge in [0, 0.05) is 35.2 Å². The number of pyridine rings is 1. The molecule has 0 saturated carbocycles. The smallest absolute Gasteiger partial charge is 0.169 e. The number of nitrogens with zero attached hydrogens (tertiary/aromatic N) is 1. The summed E-state index contributed by atoms with van der Waals surface area (Å²) >= 11 is 0. The first-order valence-corrected chi connectivity index (χ1v) is 7.39. The molecule has 1 aromatic heterocycles. The number of aromatic nitrogens is 1. The Hall–Kier alpha value is -1.94. The number of hydrogen-bond acceptors (Lipinski definition) is 3. The van der Waals surface area contributed by atoms with Crippen LogP contribution < -0.4 is 0 Å². The van der Waals surface area contributed by atoms with E-state index in [1.165, 1.54) is 11.7 Å². The maximum atomic E-state index is 11.5. The van der Waals surface area contributed by atoms with E-state index in [9.17, 15) is 8.42 Å². The Labute approximate surface area is 107 Å². The molecule has 0 radical (unpaired) electrons. The molecule has 0 fully saturated rings. The molecule has 1 heterocycles. The molecular formula is C14H13NO2S. The van der Waals surface area contributed by atoms with Crippen LogP contribution in [0.2, 0.25) is 0 Å². The zero-order valence-electron chi connectivity index (χ0n) is 9.95. The average molecular weight is 259 g/mol. The van der Waals surface area contributed by atoms with Gasteiger partial charge < -0.3 is 0 Å². The summed E-state index contributed by atoms with van der Waals surface area (Å²) in [7, 11) is -3.21. The van der Waals surface area contributed by atoms with Crippen molar-refractivity contribution in [3.05, 3.63) is 71.4 Å². The molecule has 4 heteroatoms. The fourth-order valence-electron chi connectivity index (χ4n) is 1.66. The molecule has 0 atom stereocenters. The first-order chi connectivity index (χ1) is 8.56. The molecule has 1 aromatic carbocycles. The van der Waals surface area contributed by atoms with E-state index in [2.05, 4.69) is 4.98 Å². The summed E-state index contributed by atoms with van der Waals surface area (Å²) in [4.78, 5) is 4.03. The van der Waals surface area contributed by atoms with E-state index in [0.29, 0.717) is 5.57 Å². The van der Waals surface area contributed by atoms with E-state index in [4.69, 9.17) is 0 Å². The molecule has 0 bridgehead atoms. The second-order valence-corrected chi connectivity index (χ2v) is 5.86. The Bertz CT molecular complexity index is 605. The first kappa shape index (κ1) is 12.5. The fraction of sp³-hybridized carbons (Fsp3) is 0.0714. The van der Waals surface area contributed by atoms with Gasteiger partial charge in [-0.2, -0.15) is 0 Å². The normalized spacial score (nSPS) is 12.4. The van der Waals surface area contributed by atoms with Crippen molar-refractivity contribution in [3.63, 3.8) is 0 Å². The third kappa shape index (κ3) is 3.28. The highest BCUT2D eigenvalue weighted by atomic mass is 32.2. The quantitative estimate of drug-likeness (QED) is 0.851. The number of rotatable bonds is 3. The van der Waals surface area contributed by atoms with Crippen LogP contribution in [0.1, 0.15) is 11.1 Å². The van der Waals surface area contributed by atoms with Gasteiger partial charge in [0.15, 0.2) is 9.84 Å². The summed E-state index contributed by atoms with van der Waals surface area (Å²) in [5.74, 6) is 0. The van der Waals surface area contributed by atoms with E-state index in [1.54, 1.807) is 18.5 Å². The highest BCUT2D eigenvalue weighted by Crippen LogP contribution is 2.23. The van der Waals surface area contributed by atoms with Gasteiger partial charge in [-0.15, -0.1) is 0 Å². The van der Waals surface area contributed by atoms with Crippen LogP contribution in [-0.4, -0.2) is 19.7 Å². The standard InChI is InChI=1S/C14H13NO2S/c1-18(16,17)11-14(12-6-3-2-4-7-12)13-8-5-9-15-10-13/h2-11H,1H3. The zero-order valence-corrected chi connectivity index (χ0v) is 10.8. The molecule has 0 aliphatic carbocycles. The van der Waals surface area contributed by atoms with Crippen molar-refractivity contribution < 1.29 is 8.42 Å². The Morgan fingerprint density at radius 2 is 1.72 bits per heavy atom. The number of sulfone groups is 1. The van der Waals surface area contributed by atoms with Crippen molar-refractivity contribution in [2.24, 2.45) is 0 Å². The largest absolute Gasteiger partial charge is 0.264 e. The molecule has 18 heavy (non-hydrogen) atoms. The van der Waals surface area contributed by atoms with E-state index < -0.39 is 9.84 Å². The maximum Gasteiger partial charge on any atom is 0.169 e. The molecule has 0 aliphatic heterocycles. The second kappa shape index (κ2) is 5.14. The molecule has 0 N–H and O–H groups in total. The minimum Gasteiger partial charge on any atom is -0.264 e. The third-order valence-corrected chi connectivity index (χ3v) is 3.05. The van der Waals surface area contributed by atoms with Gasteiger partial charge in [0.1, 0.15) is 0 Å². The Balaban J connectivity index is 2.60. The molecule has 3 nitrogen and oxygen atoms in total. The number of benzene rings is 1. The Kier molecular flexibility index (Phi) is 3.58. The van der Waals surface area contributed by atoms with Gasteiger partial charge in [-0.05, 0) is 11.6 Å². The SMILES string of the molecule is CS(=O)(=O)C=C(c1ccccc1)c1cccnc1. The molecule has 0 amide bonds. The van der Waals surface area contributed by atoms with Gasteiger partial charge in [0.05, 0.1) is 0 Å². The summed E-state index contributed by atoms with van der Waals surface area (Å²) in [5.41, 5.74) is 2.30. The summed E-state index contributed by atoms with van der Waals surface area (Å²) in [6.45, 7) is 0. The van der Waals surface area contributed by atoms with E-state index >= 15 is 0 Å². The van der Waals surface area contributed by atoms with Gasteiger partial charge in [0.25, 0.3) is 0 Å². The Morgan fingerprint density at radius 1 is 1.06 bits per heavy atom. The first-order valence-electron chi connectivity index (χ1n) is 5.44. The van der Waals surface area contributed by atoms with Crippen molar-refractivity contribution in [3.8, 4) is 0 Å². The van der Waals surface area contributed by atoms with E-state index in [0.717, 1.165) is 11.1 Å². The molecule has 92 valence electrons. The average Bonchev–Trinajstić information content (AvgIpc) is 2.37. The zero-order chi connectivity index (χ0) is 13.0. The van der Waals surface area contributed by atoms with Crippen LogP contribution in [0.25, 0.3) is 5.57 Å². The number of hydrogen-bond donors (Lipinski definition) is 0. The summed E-state index contributed by atoms with van der Waals surface area (Å²) < 4.78 is 23.0. The summed E-state index contributed by atoms with van der Waals surface area (Å²) in [5, 5.41) is 1.28. The molecule has 0 unspecified atom stereocenters. The van der Waals surface area contributed by atoms with Gasteiger partial charge in [0.2, 0.25) is 0 Å². The molecule has 2 aromatic rings. The lowest BCUT2D eigenvalue weighted by atomic mass is 10.0. The van der Waals surface area contributed by atoms with Crippen LogP contribution in [0.15, 0.2) is 60.3 Å². The summed E-state index contributed by atoms with van der Waals surface area (Å²) in [6, 6.07) is 13.0.